The number of hydrogen-bond acceptors (Lipinski definition) is 3. The zero-order valence-electron chi connectivity index (χ0n) is 15.1. The maximum Gasteiger partial charge on any atom is 0.237 e. The molecule has 2 aromatic rings. The Bertz CT molecular complexity index is 616. The highest BCUT2D eigenvalue weighted by atomic mass is 16.2. The Morgan fingerprint density at radius 1 is 0.920 bits per heavy atom. The summed E-state index contributed by atoms with van der Waals surface area (Å²) in [5, 5.41) is 0. The molecule has 0 saturated carbocycles. The normalized spacial score (nSPS) is 10.8. The quantitative estimate of drug-likeness (QED) is 0.724. The van der Waals surface area contributed by atoms with Crippen molar-refractivity contribution < 1.29 is 4.79 Å². The van der Waals surface area contributed by atoms with Crippen molar-refractivity contribution in [2.24, 2.45) is 5.73 Å². The number of amides is 1. The molecule has 0 unspecified atom stereocenters. The summed E-state index contributed by atoms with van der Waals surface area (Å²) < 4.78 is 0. The predicted octanol–water partition coefficient (Wildman–Crippen LogP) is 2.54. The van der Waals surface area contributed by atoms with Gasteiger partial charge >= 0.3 is 0 Å². The van der Waals surface area contributed by atoms with Crippen LogP contribution in [0.2, 0.25) is 0 Å². The largest absolute Gasteiger partial charge is 0.338 e. The Hall–Kier alpha value is -2.17. The molecule has 0 aliphatic heterocycles. The molecule has 4 heteroatoms. The average molecular weight is 339 g/mol. The van der Waals surface area contributed by atoms with Crippen LogP contribution >= 0.6 is 0 Å². The van der Waals surface area contributed by atoms with Gasteiger partial charge in [-0.3, -0.25) is 9.69 Å². The van der Waals surface area contributed by atoms with Crippen LogP contribution in [0.25, 0.3) is 0 Å². The van der Waals surface area contributed by atoms with Crippen LogP contribution in [-0.2, 0) is 17.8 Å². The number of nitrogens with zero attached hydrogens (tertiary/aromatic N) is 2. The molecule has 0 atom stereocenters. The Morgan fingerprint density at radius 2 is 1.52 bits per heavy atom. The summed E-state index contributed by atoms with van der Waals surface area (Å²) in [7, 11) is 0. The number of likely N-dealkylation sites (N-methyl/N-ethyl adjacent to an activating group) is 1. The molecule has 25 heavy (non-hydrogen) atoms. The van der Waals surface area contributed by atoms with Gasteiger partial charge in [0.25, 0.3) is 0 Å². The van der Waals surface area contributed by atoms with E-state index < -0.39 is 0 Å². The van der Waals surface area contributed by atoms with Crippen LogP contribution in [0.1, 0.15) is 18.1 Å². The second-order valence-corrected chi connectivity index (χ2v) is 6.19. The second kappa shape index (κ2) is 10.6. The standard InChI is InChI=1S/C21H29N3O/c1-2-24(17-20-11-7-4-8-12-20)21(25)18-23(16-14-22)15-13-19-9-5-3-6-10-19/h3-12H,2,13-18,22H2,1H3. The molecule has 4 nitrogen and oxygen atoms in total. The lowest BCUT2D eigenvalue weighted by Gasteiger charge is -2.26. The highest BCUT2D eigenvalue weighted by Crippen LogP contribution is 2.06. The van der Waals surface area contributed by atoms with E-state index in [1.54, 1.807) is 0 Å². The van der Waals surface area contributed by atoms with Gasteiger partial charge in [-0.2, -0.15) is 0 Å². The molecule has 0 heterocycles. The fourth-order valence-corrected chi connectivity index (χ4v) is 2.86. The van der Waals surface area contributed by atoms with Crippen LogP contribution in [0.3, 0.4) is 0 Å². The first-order chi connectivity index (χ1) is 12.2. The monoisotopic (exact) mass is 339 g/mol. The lowest BCUT2D eigenvalue weighted by Crippen LogP contribution is -2.42. The van der Waals surface area contributed by atoms with Crippen molar-refractivity contribution in [3.05, 3.63) is 71.8 Å². The third-order valence-corrected chi connectivity index (χ3v) is 4.31. The minimum absolute atomic E-state index is 0.160. The Balaban J connectivity index is 1.90. The highest BCUT2D eigenvalue weighted by Gasteiger charge is 2.16. The summed E-state index contributed by atoms with van der Waals surface area (Å²) in [4.78, 5) is 16.8. The SMILES string of the molecule is CCN(Cc1ccccc1)C(=O)CN(CCN)CCc1ccccc1. The van der Waals surface area contributed by atoms with Crippen molar-refractivity contribution in [3.63, 3.8) is 0 Å². The van der Waals surface area contributed by atoms with Crippen LogP contribution in [-0.4, -0.2) is 48.4 Å². The lowest BCUT2D eigenvalue weighted by atomic mass is 10.1. The Kier molecular flexibility index (Phi) is 8.16. The molecule has 0 spiro atoms. The van der Waals surface area contributed by atoms with Crippen LogP contribution < -0.4 is 5.73 Å². The molecule has 1 amide bonds. The van der Waals surface area contributed by atoms with Crippen LogP contribution in [0.4, 0.5) is 0 Å². The third-order valence-electron chi connectivity index (χ3n) is 4.31. The van der Waals surface area contributed by atoms with Crippen molar-refractivity contribution in [1.82, 2.24) is 9.80 Å². The van der Waals surface area contributed by atoms with Gasteiger partial charge in [-0.1, -0.05) is 60.7 Å². The van der Waals surface area contributed by atoms with Gasteiger partial charge in [-0.15, -0.1) is 0 Å². The maximum atomic E-state index is 12.7. The van der Waals surface area contributed by atoms with Crippen molar-refractivity contribution in [1.29, 1.82) is 0 Å². The van der Waals surface area contributed by atoms with Crippen molar-refractivity contribution in [2.75, 3.05) is 32.7 Å². The summed E-state index contributed by atoms with van der Waals surface area (Å²) in [6, 6.07) is 20.5. The molecule has 0 fully saturated rings. The van der Waals surface area contributed by atoms with E-state index in [-0.39, 0.29) is 5.91 Å². The number of carbonyl (C=O) groups is 1. The van der Waals surface area contributed by atoms with Gasteiger partial charge in [0, 0.05) is 32.7 Å². The molecule has 2 rings (SSSR count). The predicted molar refractivity (Wildman–Crippen MR) is 103 cm³/mol. The number of carbonyl (C=O) groups excluding carboxylic acids is 1. The highest BCUT2D eigenvalue weighted by molar-refractivity contribution is 5.78. The van der Waals surface area contributed by atoms with E-state index in [0.29, 0.717) is 26.2 Å². The van der Waals surface area contributed by atoms with E-state index in [9.17, 15) is 4.79 Å². The zero-order chi connectivity index (χ0) is 17.9. The van der Waals surface area contributed by atoms with Gasteiger partial charge in [0.05, 0.1) is 6.54 Å². The minimum atomic E-state index is 0.160. The van der Waals surface area contributed by atoms with Gasteiger partial charge in [-0.25, -0.2) is 0 Å². The van der Waals surface area contributed by atoms with Crippen LogP contribution in [0, 0.1) is 0 Å². The van der Waals surface area contributed by atoms with E-state index >= 15 is 0 Å². The molecular formula is C21H29N3O. The van der Waals surface area contributed by atoms with Crippen molar-refractivity contribution in [3.8, 4) is 0 Å². The zero-order valence-corrected chi connectivity index (χ0v) is 15.1. The topological polar surface area (TPSA) is 49.6 Å². The minimum Gasteiger partial charge on any atom is -0.338 e. The molecule has 0 aliphatic rings. The summed E-state index contributed by atoms with van der Waals surface area (Å²) in [6.07, 6.45) is 0.929. The van der Waals surface area contributed by atoms with E-state index in [1.165, 1.54) is 5.56 Å². The number of rotatable bonds is 10. The maximum absolute atomic E-state index is 12.7. The van der Waals surface area contributed by atoms with E-state index in [1.807, 2.05) is 48.2 Å². The van der Waals surface area contributed by atoms with E-state index in [0.717, 1.165) is 25.1 Å². The Morgan fingerprint density at radius 3 is 2.08 bits per heavy atom. The molecule has 0 bridgehead atoms. The molecule has 2 N–H and O–H groups in total. The van der Waals surface area contributed by atoms with Crippen molar-refractivity contribution in [2.45, 2.75) is 19.9 Å². The fourth-order valence-electron chi connectivity index (χ4n) is 2.86. The van der Waals surface area contributed by atoms with Crippen molar-refractivity contribution >= 4 is 5.91 Å². The Labute approximate surface area is 151 Å². The summed E-state index contributed by atoms with van der Waals surface area (Å²) in [5.74, 6) is 0.160. The average Bonchev–Trinajstić information content (AvgIpc) is 2.66. The first-order valence-electron chi connectivity index (χ1n) is 9.01. The summed E-state index contributed by atoms with van der Waals surface area (Å²) in [5.41, 5.74) is 8.19. The third kappa shape index (κ3) is 6.69. The molecule has 0 saturated heterocycles. The van der Waals surface area contributed by atoms with Crippen LogP contribution in [0.5, 0.6) is 0 Å². The first kappa shape index (κ1) is 19.2. The lowest BCUT2D eigenvalue weighted by molar-refractivity contribution is -0.132. The van der Waals surface area contributed by atoms with E-state index in [4.69, 9.17) is 5.73 Å². The van der Waals surface area contributed by atoms with Gasteiger partial charge < -0.3 is 10.6 Å². The fraction of sp³-hybridized carbons (Fsp3) is 0.381. The van der Waals surface area contributed by atoms with E-state index in [2.05, 4.69) is 29.2 Å². The molecule has 134 valence electrons. The van der Waals surface area contributed by atoms with Gasteiger partial charge in [0.15, 0.2) is 0 Å². The van der Waals surface area contributed by atoms with Gasteiger partial charge in [0.2, 0.25) is 5.91 Å². The van der Waals surface area contributed by atoms with Crippen LogP contribution in [0.15, 0.2) is 60.7 Å². The smallest absolute Gasteiger partial charge is 0.237 e. The molecular weight excluding hydrogens is 310 g/mol. The molecule has 0 aliphatic carbocycles. The molecule has 2 aromatic carbocycles. The molecule has 0 radical (unpaired) electrons. The number of hydrogen-bond donors (Lipinski definition) is 1. The summed E-state index contributed by atoms with van der Waals surface area (Å²) in [6.45, 7) is 5.96. The van der Waals surface area contributed by atoms with Gasteiger partial charge in [-0.05, 0) is 24.5 Å². The van der Waals surface area contributed by atoms with Gasteiger partial charge in [0.1, 0.15) is 0 Å². The second-order valence-electron chi connectivity index (χ2n) is 6.19. The first-order valence-corrected chi connectivity index (χ1v) is 9.01. The summed E-state index contributed by atoms with van der Waals surface area (Å²) >= 11 is 0. The number of nitrogens with two attached hydrogens (primary N) is 1. The number of benzene rings is 2. The molecule has 0 aromatic heterocycles.